The van der Waals surface area contributed by atoms with Crippen LogP contribution in [-0.4, -0.2) is 28.5 Å². The van der Waals surface area contributed by atoms with E-state index in [2.05, 4.69) is 16.4 Å². The number of hydrogen-bond acceptors (Lipinski definition) is 3. The van der Waals surface area contributed by atoms with Gasteiger partial charge in [-0.3, -0.25) is 14.6 Å². The third kappa shape index (κ3) is 5.50. The average Bonchev–Trinajstić information content (AvgIpc) is 2.57. The smallest absolute Gasteiger partial charge is 0.303 e. The van der Waals surface area contributed by atoms with Crippen molar-refractivity contribution in [2.75, 3.05) is 6.54 Å². The molecule has 1 aromatic carbocycles. The summed E-state index contributed by atoms with van der Waals surface area (Å²) in [6, 6.07) is 9.89. The van der Waals surface area contributed by atoms with Gasteiger partial charge in [0.2, 0.25) is 0 Å². The van der Waals surface area contributed by atoms with Crippen LogP contribution in [0.1, 0.15) is 41.6 Å². The van der Waals surface area contributed by atoms with Gasteiger partial charge in [0.25, 0.3) is 5.91 Å². The van der Waals surface area contributed by atoms with Gasteiger partial charge >= 0.3 is 5.97 Å². The van der Waals surface area contributed by atoms with Crippen molar-refractivity contribution in [1.82, 2.24) is 10.3 Å². The maximum atomic E-state index is 12.2. The summed E-state index contributed by atoms with van der Waals surface area (Å²) < 4.78 is 0. The molecule has 0 unspecified atom stereocenters. The van der Waals surface area contributed by atoms with E-state index in [1.807, 2.05) is 31.2 Å². The first-order chi connectivity index (χ1) is 11.6. The molecule has 0 aliphatic heterocycles. The summed E-state index contributed by atoms with van der Waals surface area (Å²) in [5.74, 6) is -0.937. The largest absolute Gasteiger partial charge is 0.481 e. The number of carboxylic acids is 1. The first-order valence-electron chi connectivity index (χ1n) is 8.08. The van der Waals surface area contributed by atoms with Crippen molar-refractivity contribution in [2.24, 2.45) is 0 Å². The van der Waals surface area contributed by atoms with Gasteiger partial charge in [0, 0.05) is 30.9 Å². The van der Waals surface area contributed by atoms with Crippen molar-refractivity contribution in [1.29, 1.82) is 0 Å². The van der Waals surface area contributed by atoms with Crippen LogP contribution in [0.25, 0.3) is 11.1 Å². The molecule has 0 aliphatic rings. The van der Waals surface area contributed by atoms with E-state index in [1.54, 1.807) is 12.4 Å². The Labute approximate surface area is 141 Å². The van der Waals surface area contributed by atoms with E-state index in [0.29, 0.717) is 18.5 Å². The van der Waals surface area contributed by atoms with E-state index >= 15 is 0 Å². The summed E-state index contributed by atoms with van der Waals surface area (Å²) in [5.41, 5.74) is 3.63. The zero-order valence-corrected chi connectivity index (χ0v) is 13.8. The lowest BCUT2D eigenvalue weighted by atomic mass is 10.0. The third-order valence-corrected chi connectivity index (χ3v) is 3.70. The Balaban J connectivity index is 1.89. The lowest BCUT2D eigenvalue weighted by molar-refractivity contribution is -0.137. The molecular weight excluding hydrogens is 304 g/mol. The number of rotatable bonds is 8. The highest BCUT2D eigenvalue weighted by Gasteiger charge is 2.08. The van der Waals surface area contributed by atoms with Crippen LogP contribution in [0, 0.1) is 6.92 Å². The summed E-state index contributed by atoms with van der Waals surface area (Å²) >= 11 is 0. The Morgan fingerprint density at radius 3 is 2.67 bits per heavy atom. The van der Waals surface area contributed by atoms with Gasteiger partial charge in [0.15, 0.2) is 0 Å². The van der Waals surface area contributed by atoms with Crippen LogP contribution in [0.4, 0.5) is 0 Å². The van der Waals surface area contributed by atoms with E-state index in [1.165, 1.54) is 0 Å². The molecule has 0 atom stereocenters. The van der Waals surface area contributed by atoms with Gasteiger partial charge in [-0.25, -0.2) is 0 Å². The van der Waals surface area contributed by atoms with E-state index < -0.39 is 5.97 Å². The topological polar surface area (TPSA) is 79.3 Å². The fourth-order valence-corrected chi connectivity index (χ4v) is 2.43. The van der Waals surface area contributed by atoms with Crippen molar-refractivity contribution in [3.63, 3.8) is 0 Å². The van der Waals surface area contributed by atoms with Crippen molar-refractivity contribution < 1.29 is 14.7 Å². The van der Waals surface area contributed by atoms with Gasteiger partial charge in [-0.1, -0.05) is 36.2 Å². The Morgan fingerprint density at radius 1 is 1.08 bits per heavy atom. The number of carbonyl (C=O) groups excluding carboxylic acids is 1. The number of amides is 1. The van der Waals surface area contributed by atoms with Gasteiger partial charge in [-0.15, -0.1) is 0 Å². The minimum Gasteiger partial charge on any atom is -0.481 e. The molecule has 0 aliphatic carbocycles. The van der Waals surface area contributed by atoms with Crippen LogP contribution in [0.3, 0.4) is 0 Å². The number of unbranched alkanes of at least 4 members (excludes halogenated alkanes) is 2. The van der Waals surface area contributed by atoms with Crippen LogP contribution < -0.4 is 5.32 Å². The minimum atomic E-state index is -0.780. The number of pyridine rings is 1. The second-order valence-electron chi connectivity index (χ2n) is 5.79. The average molecular weight is 326 g/mol. The number of nitrogens with one attached hydrogen (secondary N) is 1. The quantitative estimate of drug-likeness (QED) is 0.728. The molecule has 0 spiro atoms. The Morgan fingerprint density at radius 2 is 1.92 bits per heavy atom. The monoisotopic (exact) mass is 326 g/mol. The lowest BCUT2D eigenvalue weighted by Gasteiger charge is -2.07. The number of carboxylic acid groups (broad SMARTS) is 1. The first kappa shape index (κ1) is 17.7. The fourth-order valence-electron chi connectivity index (χ4n) is 2.43. The summed E-state index contributed by atoms with van der Waals surface area (Å²) in [5, 5.41) is 11.4. The van der Waals surface area contributed by atoms with Crippen LogP contribution in [0.15, 0.2) is 42.7 Å². The number of aliphatic carboxylic acids is 1. The third-order valence-electron chi connectivity index (χ3n) is 3.70. The van der Waals surface area contributed by atoms with Gasteiger partial charge < -0.3 is 10.4 Å². The molecule has 0 bridgehead atoms. The first-order valence-corrected chi connectivity index (χ1v) is 8.08. The van der Waals surface area contributed by atoms with E-state index in [9.17, 15) is 9.59 Å². The normalized spacial score (nSPS) is 10.4. The van der Waals surface area contributed by atoms with Gasteiger partial charge in [-0.2, -0.15) is 0 Å². The summed E-state index contributed by atoms with van der Waals surface area (Å²) in [7, 11) is 0. The highest BCUT2D eigenvalue weighted by molar-refractivity contribution is 5.95. The molecule has 126 valence electrons. The zero-order valence-electron chi connectivity index (χ0n) is 13.8. The van der Waals surface area contributed by atoms with E-state index in [4.69, 9.17) is 5.11 Å². The van der Waals surface area contributed by atoms with Crippen LogP contribution >= 0.6 is 0 Å². The second-order valence-corrected chi connectivity index (χ2v) is 5.79. The maximum Gasteiger partial charge on any atom is 0.303 e. The van der Waals surface area contributed by atoms with Gasteiger partial charge in [0.1, 0.15) is 0 Å². The summed E-state index contributed by atoms with van der Waals surface area (Å²) in [6.07, 6.45) is 5.67. The number of nitrogens with zero attached hydrogens (tertiary/aromatic N) is 1. The molecule has 1 aromatic heterocycles. The SMILES string of the molecule is Cc1cccc(-c2cncc(C(=O)NCCCCCC(=O)O)c2)c1. The number of aromatic nitrogens is 1. The minimum absolute atomic E-state index is 0.157. The molecule has 2 rings (SSSR count). The van der Waals surface area contributed by atoms with Crippen molar-refractivity contribution in [2.45, 2.75) is 32.6 Å². The summed E-state index contributed by atoms with van der Waals surface area (Å²) in [4.78, 5) is 26.8. The number of carbonyl (C=O) groups is 2. The molecule has 1 heterocycles. The van der Waals surface area contributed by atoms with Gasteiger partial charge in [-0.05, 0) is 31.4 Å². The fraction of sp³-hybridized carbons (Fsp3) is 0.316. The zero-order chi connectivity index (χ0) is 17.4. The molecule has 1 amide bonds. The predicted octanol–water partition coefficient (Wildman–Crippen LogP) is 3.43. The Hall–Kier alpha value is -2.69. The van der Waals surface area contributed by atoms with E-state index in [-0.39, 0.29) is 12.3 Å². The number of benzene rings is 1. The molecule has 0 saturated carbocycles. The highest BCUT2D eigenvalue weighted by atomic mass is 16.4. The number of aryl methyl sites for hydroxylation is 1. The van der Waals surface area contributed by atoms with Gasteiger partial charge in [0.05, 0.1) is 5.56 Å². The molecule has 2 aromatic rings. The highest BCUT2D eigenvalue weighted by Crippen LogP contribution is 2.20. The van der Waals surface area contributed by atoms with Crippen molar-refractivity contribution in [3.8, 4) is 11.1 Å². The van der Waals surface area contributed by atoms with Crippen molar-refractivity contribution >= 4 is 11.9 Å². The lowest BCUT2D eigenvalue weighted by Crippen LogP contribution is -2.24. The molecule has 5 heteroatoms. The molecule has 24 heavy (non-hydrogen) atoms. The van der Waals surface area contributed by atoms with Crippen molar-refractivity contribution in [3.05, 3.63) is 53.9 Å². The standard InChI is InChI=1S/C19H22N2O3/c1-14-6-5-7-15(10-14)16-11-17(13-20-12-16)19(24)21-9-4-2-3-8-18(22)23/h5-7,10-13H,2-4,8-9H2,1H3,(H,21,24)(H,22,23). The molecule has 0 fully saturated rings. The predicted molar refractivity (Wildman–Crippen MR) is 92.8 cm³/mol. The molecule has 5 nitrogen and oxygen atoms in total. The van der Waals surface area contributed by atoms with E-state index in [0.717, 1.165) is 29.5 Å². The van der Waals surface area contributed by atoms with Crippen LogP contribution in [-0.2, 0) is 4.79 Å². The Bertz CT molecular complexity index is 713. The van der Waals surface area contributed by atoms with Crippen LogP contribution in [0.5, 0.6) is 0 Å². The second kappa shape index (κ2) is 8.82. The molecular formula is C19H22N2O3. The maximum absolute atomic E-state index is 12.2. The summed E-state index contributed by atoms with van der Waals surface area (Å²) in [6.45, 7) is 2.56. The Kier molecular flexibility index (Phi) is 6.49. The molecule has 0 radical (unpaired) electrons. The van der Waals surface area contributed by atoms with Crippen LogP contribution in [0.2, 0.25) is 0 Å². The number of hydrogen-bond donors (Lipinski definition) is 2. The molecule has 0 saturated heterocycles. The molecule has 2 N–H and O–H groups in total.